The minimum Gasteiger partial charge on any atom is -0.309 e. The Morgan fingerprint density at radius 2 is 0.651 bits per heavy atom. The van der Waals surface area contributed by atoms with Crippen molar-refractivity contribution in [3.63, 3.8) is 0 Å². The van der Waals surface area contributed by atoms with Crippen molar-refractivity contribution >= 4 is 17.1 Å². The Hall–Kier alpha value is -5.66. The molecule has 0 saturated carbocycles. The highest BCUT2D eigenvalue weighted by molar-refractivity contribution is 6.02. The predicted octanol–water partition coefficient (Wildman–Crippen LogP) is 11.8. The van der Waals surface area contributed by atoms with Crippen molar-refractivity contribution in [3.05, 3.63) is 188 Å². The minimum absolute atomic E-state index is 1.11. The first-order valence-electron chi connectivity index (χ1n) is 14.7. The van der Waals surface area contributed by atoms with Crippen molar-refractivity contribution in [1.29, 1.82) is 0 Å². The van der Waals surface area contributed by atoms with Crippen molar-refractivity contribution < 1.29 is 0 Å². The van der Waals surface area contributed by atoms with E-state index in [2.05, 4.69) is 193 Å². The average Bonchev–Trinajstić information content (AvgIpc) is 3.10. The topological polar surface area (TPSA) is 3.24 Å². The molecule has 0 aliphatic rings. The largest absolute Gasteiger partial charge is 0.309 e. The van der Waals surface area contributed by atoms with Crippen LogP contribution in [0.4, 0.5) is 17.1 Å². The normalized spacial score (nSPS) is 10.8. The summed E-state index contributed by atoms with van der Waals surface area (Å²) in [5.41, 5.74) is 12.9. The first kappa shape index (κ1) is 26.3. The molecular formula is C42H31N. The molecule has 0 amide bonds. The molecule has 0 aliphatic carbocycles. The van der Waals surface area contributed by atoms with Crippen LogP contribution < -0.4 is 4.90 Å². The highest BCUT2D eigenvalue weighted by Crippen LogP contribution is 2.49. The van der Waals surface area contributed by atoms with Crippen LogP contribution in [-0.4, -0.2) is 0 Å². The lowest BCUT2D eigenvalue weighted by Crippen LogP contribution is -2.13. The van der Waals surface area contributed by atoms with Crippen LogP contribution in [0.2, 0.25) is 0 Å². The highest BCUT2D eigenvalue weighted by Gasteiger charge is 2.24. The second-order valence-corrected chi connectivity index (χ2v) is 10.5. The second kappa shape index (κ2) is 12.1. The van der Waals surface area contributed by atoms with E-state index >= 15 is 0 Å². The van der Waals surface area contributed by atoms with Gasteiger partial charge in [-0.2, -0.15) is 0 Å². The molecule has 0 fully saturated rings. The Labute approximate surface area is 254 Å². The van der Waals surface area contributed by atoms with Gasteiger partial charge in [-0.15, -0.1) is 0 Å². The fraction of sp³-hybridized carbons (Fsp3) is 0. The summed E-state index contributed by atoms with van der Waals surface area (Å²) in [6.07, 6.45) is 0. The van der Waals surface area contributed by atoms with E-state index in [1.165, 1.54) is 44.5 Å². The van der Waals surface area contributed by atoms with E-state index in [9.17, 15) is 0 Å². The summed E-state index contributed by atoms with van der Waals surface area (Å²) >= 11 is 0. The maximum atomic E-state index is 2.42. The van der Waals surface area contributed by atoms with Crippen LogP contribution in [0, 0.1) is 0 Å². The molecule has 0 bridgehead atoms. The summed E-state index contributed by atoms with van der Waals surface area (Å²) < 4.78 is 0. The van der Waals surface area contributed by atoms with Crippen LogP contribution in [0.3, 0.4) is 0 Å². The third-order valence-corrected chi connectivity index (χ3v) is 7.89. The lowest BCUT2D eigenvalue weighted by Gasteiger charge is -2.31. The Bertz CT molecular complexity index is 1950. The summed E-state index contributed by atoms with van der Waals surface area (Å²) in [5.74, 6) is 0. The van der Waals surface area contributed by atoms with Gasteiger partial charge in [-0.25, -0.2) is 0 Å². The molecule has 1 nitrogen and oxygen atoms in total. The van der Waals surface area contributed by atoms with Crippen molar-refractivity contribution in [2.24, 2.45) is 0 Å². The highest BCUT2D eigenvalue weighted by atomic mass is 15.1. The second-order valence-electron chi connectivity index (χ2n) is 10.5. The van der Waals surface area contributed by atoms with Crippen molar-refractivity contribution in [2.75, 3.05) is 4.90 Å². The van der Waals surface area contributed by atoms with Gasteiger partial charge in [0.2, 0.25) is 0 Å². The lowest BCUT2D eigenvalue weighted by molar-refractivity contribution is 1.28. The van der Waals surface area contributed by atoms with Gasteiger partial charge in [-0.05, 0) is 57.6 Å². The van der Waals surface area contributed by atoms with Crippen LogP contribution in [0.25, 0.3) is 44.5 Å². The molecule has 0 atom stereocenters. The van der Waals surface area contributed by atoms with Crippen LogP contribution >= 0.6 is 0 Å². The zero-order valence-electron chi connectivity index (χ0n) is 23.8. The summed E-state index contributed by atoms with van der Waals surface area (Å²) in [6.45, 7) is 0. The fourth-order valence-electron chi connectivity index (χ4n) is 5.95. The average molecular weight is 550 g/mol. The monoisotopic (exact) mass is 549 g/mol. The number of para-hydroxylation sites is 2. The molecule has 7 aromatic carbocycles. The van der Waals surface area contributed by atoms with E-state index in [1.807, 2.05) is 0 Å². The van der Waals surface area contributed by atoms with Crippen LogP contribution in [0.15, 0.2) is 188 Å². The molecule has 0 unspecified atom stereocenters. The Balaban J connectivity index is 1.57. The lowest BCUT2D eigenvalue weighted by atomic mass is 9.87. The summed E-state index contributed by atoms with van der Waals surface area (Å²) in [4.78, 5) is 2.42. The number of hydrogen-bond donors (Lipinski definition) is 0. The van der Waals surface area contributed by atoms with E-state index in [0.29, 0.717) is 0 Å². The summed E-state index contributed by atoms with van der Waals surface area (Å²) in [5, 5.41) is 0. The molecule has 0 N–H and O–H groups in total. The summed E-state index contributed by atoms with van der Waals surface area (Å²) in [7, 11) is 0. The molecule has 0 radical (unpaired) electrons. The number of anilines is 3. The molecule has 0 aliphatic heterocycles. The van der Waals surface area contributed by atoms with Crippen molar-refractivity contribution in [2.45, 2.75) is 0 Å². The third kappa shape index (κ3) is 5.25. The fourth-order valence-corrected chi connectivity index (χ4v) is 5.95. The van der Waals surface area contributed by atoms with Gasteiger partial charge in [0.1, 0.15) is 0 Å². The Morgan fingerprint density at radius 3 is 1.26 bits per heavy atom. The van der Waals surface area contributed by atoms with Gasteiger partial charge >= 0.3 is 0 Å². The van der Waals surface area contributed by atoms with Crippen molar-refractivity contribution in [3.8, 4) is 44.5 Å². The molecule has 43 heavy (non-hydrogen) atoms. The van der Waals surface area contributed by atoms with Gasteiger partial charge in [0.25, 0.3) is 0 Å². The molecule has 7 aromatic rings. The van der Waals surface area contributed by atoms with Gasteiger partial charge in [-0.1, -0.05) is 164 Å². The molecule has 0 aromatic heterocycles. The van der Waals surface area contributed by atoms with E-state index in [-0.39, 0.29) is 0 Å². The predicted molar refractivity (Wildman–Crippen MR) is 183 cm³/mol. The van der Waals surface area contributed by atoms with Gasteiger partial charge in [0.05, 0.1) is 11.4 Å². The minimum atomic E-state index is 1.11. The SMILES string of the molecule is c1ccc(-c2ccccc2-c2c(-c3ccccc3)cccc2N(c2ccccc2)c2ccccc2-c2ccccc2)cc1. The third-order valence-electron chi connectivity index (χ3n) is 7.89. The number of rotatable bonds is 7. The van der Waals surface area contributed by atoms with Crippen LogP contribution in [-0.2, 0) is 0 Å². The molecule has 0 heterocycles. The molecule has 7 rings (SSSR count). The van der Waals surface area contributed by atoms with E-state index in [1.54, 1.807) is 0 Å². The zero-order chi connectivity index (χ0) is 28.8. The molecule has 204 valence electrons. The van der Waals surface area contributed by atoms with Gasteiger partial charge in [0.15, 0.2) is 0 Å². The van der Waals surface area contributed by atoms with Crippen LogP contribution in [0.1, 0.15) is 0 Å². The maximum absolute atomic E-state index is 2.42. The van der Waals surface area contributed by atoms with E-state index in [0.717, 1.165) is 17.1 Å². The summed E-state index contributed by atoms with van der Waals surface area (Å²) in [6, 6.07) is 67.0. The molecule has 0 spiro atoms. The number of nitrogens with zero attached hydrogens (tertiary/aromatic N) is 1. The Morgan fingerprint density at radius 1 is 0.256 bits per heavy atom. The first-order valence-corrected chi connectivity index (χ1v) is 14.7. The van der Waals surface area contributed by atoms with Gasteiger partial charge < -0.3 is 4.90 Å². The van der Waals surface area contributed by atoms with Crippen molar-refractivity contribution in [1.82, 2.24) is 0 Å². The molecule has 1 heteroatoms. The van der Waals surface area contributed by atoms with Crippen LogP contribution in [0.5, 0.6) is 0 Å². The zero-order valence-corrected chi connectivity index (χ0v) is 23.8. The first-order chi connectivity index (χ1) is 21.4. The standard InChI is InChI=1S/C42H31N/c1-5-18-32(19-6-1)36-26-13-14-28-39(36)42-38(34-22-9-3-10-23-34)29-17-31-41(42)43(35-24-11-4-12-25-35)40-30-16-15-27-37(40)33-20-7-2-8-21-33/h1-31H. The number of hydrogen-bond acceptors (Lipinski definition) is 1. The van der Waals surface area contributed by atoms with Gasteiger partial charge in [0, 0.05) is 16.8 Å². The smallest absolute Gasteiger partial charge is 0.0546 e. The van der Waals surface area contributed by atoms with Gasteiger partial charge in [-0.3, -0.25) is 0 Å². The quantitative estimate of drug-likeness (QED) is 0.191. The Kier molecular flexibility index (Phi) is 7.36. The van der Waals surface area contributed by atoms with E-state index in [4.69, 9.17) is 0 Å². The maximum Gasteiger partial charge on any atom is 0.0546 e. The number of benzene rings is 7. The van der Waals surface area contributed by atoms with E-state index < -0.39 is 0 Å². The molecule has 0 saturated heterocycles. The molecular weight excluding hydrogens is 518 g/mol.